The Hall–Kier alpha value is -1.72. The molecule has 0 aliphatic heterocycles. The second kappa shape index (κ2) is 2.15. The highest BCUT2D eigenvalue weighted by Gasteiger charge is 2.06. The van der Waals surface area contributed by atoms with E-state index in [1.54, 1.807) is 6.92 Å². The van der Waals surface area contributed by atoms with E-state index in [9.17, 15) is 0 Å². The monoisotopic (exact) mass is 151 g/mol. The Labute approximate surface area is 61.6 Å². The van der Waals surface area contributed by atoms with Crippen LogP contribution in [0.2, 0.25) is 0 Å². The molecule has 1 N–H and O–H groups in total. The van der Waals surface area contributed by atoms with Gasteiger partial charge >= 0.3 is 0 Å². The summed E-state index contributed by atoms with van der Waals surface area (Å²) >= 11 is 0. The lowest BCUT2D eigenvalue weighted by Gasteiger charge is -1.79. The molecule has 6 nitrogen and oxygen atoms in total. The zero-order valence-corrected chi connectivity index (χ0v) is 5.77. The molecule has 2 aromatic heterocycles. The van der Waals surface area contributed by atoms with E-state index in [0.717, 1.165) is 0 Å². The molecule has 0 bridgehead atoms. The summed E-state index contributed by atoms with van der Waals surface area (Å²) in [7, 11) is 0. The van der Waals surface area contributed by atoms with Crippen molar-refractivity contribution in [1.29, 1.82) is 0 Å². The Kier molecular flexibility index (Phi) is 1.18. The lowest BCUT2D eigenvalue weighted by molar-refractivity contribution is 0.531. The van der Waals surface area contributed by atoms with Gasteiger partial charge in [-0.3, -0.25) is 0 Å². The highest BCUT2D eigenvalue weighted by Crippen LogP contribution is 2.11. The van der Waals surface area contributed by atoms with Gasteiger partial charge in [-0.15, -0.1) is 10.2 Å². The first-order chi connectivity index (χ1) is 5.36. The van der Waals surface area contributed by atoms with Crippen LogP contribution in [-0.4, -0.2) is 25.6 Å². The third-order valence-electron chi connectivity index (χ3n) is 1.16. The Morgan fingerprint density at radius 1 is 1.45 bits per heavy atom. The quantitative estimate of drug-likeness (QED) is 0.628. The van der Waals surface area contributed by atoms with E-state index in [0.29, 0.717) is 17.5 Å². The van der Waals surface area contributed by atoms with Crippen molar-refractivity contribution < 1.29 is 4.42 Å². The minimum Gasteiger partial charge on any atom is -0.420 e. The van der Waals surface area contributed by atoms with Crippen LogP contribution in [0.4, 0.5) is 0 Å². The summed E-state index contributed by atoms with van der Waals surface area (Å²) in [6, 6.07) is 0. The van der Waals surface area contributed by atoms with Crippen LogP contribution in [0.1, 0.15) is 5.89 Å². The Morgan fingerprint density at radius 2 is 2.36 bits per heavy atom. The van der Waals surface area contributed by atoms with Crippen LogP contribution in [-0.2, 0) is 0 Å². The van der Waals surface area contributed by atoms with E-state index in [-0.39, 0.29) is 0 Å². The zero-order valence-electron chi connectivity index (χ0n) is 5.77. The third-order valence-corrected chi connectivity index (χ3v) is 1.16. The molecule has 0 aliphatic rings. The molecule has 2 rings (SSSR count). The van der Waals surface area contributed by atoms with Crippen molar-refractivity contribution in [1.82, 2.24) is 25.6 Å². The van der Waals surface area contributed by atoms with Gasteiger partial charge in [0.2, 0.25) is 5.89 Å². The maximum atomic E-state index is 5.08. The fourth-order valence-corrected chi connectivity index (χ4v) is 0.705. The van der Waals surface area contributed by atoms with Gasteiger partial charge in [0.25, 0.3) is 5.89 Å². The fourth-order valence-electron chi connectivity index (χ4n) is 0.705. The van der Waals surface area contributed by atoms with Crippen molar-refractivity contribution in [2.24, 2.45) is 0 Å². The van der Waals surface area contributed by atoms with Gasteiger partial charge in [-0.2, -0.15) is 15.4 Å². The molecule has 6 heteroatoms. The second-order valence-electron chi connectivity index (χ2n) is 1.98. The number of H-pyrrole nitrogens is 1. The van der Waals surface area contributed by atoms with E-state index in [2.05, 4.69) is 25.6 Å². The number of rotatable bonds is 1. The number of hydrogen-bond donors (Lipinski definition) is 1. The van der Waals surface area contributed by atoms with Gasteiger partial charge in [0.15, 0.2) is 5.69 Å². The van der Waals surface area contributed by atoms with Crippen molar-refractivity contribution in [3.05, 3.63) is 12.1 Å². The standard InChI is InChI=1S/C5H5N5O/c1-3-7-9-5(11-3)4-2-6-10-8-4/h2H,1H3,(H,6,8,10). The summed E-state index contributed by atoms with van der Waals surface area (Å²) < 4.78 is 5.08. The molecule has 0 spiro atoms. The largest absolute Gasteiger partial charge is 0.420 e. The van der Waals surface area contributed by atoms with Gasteiger partial charge in [-0.05, 0) is 0 Å². The fraction of sp³-hybridized carbons (Fsp3) is 0.200. The van der Waals surface area contributed by atoms with Gasteiger partial charge in [0.1, 0.15) is 0 Å². The lowest BCUT2D eigenvalue weighted by Crippen LogP contribution is -1.76. The van der Waals surface area contributed by atoms with Crippen molar-refractivity contribution in [2.45, 2.75) is 6.92 Å². The van der Waals surface area contributed by atoms with E-state index in [1.165, 1.54) is 6.20 Å². The molecule has 2 aromatic rings. The average Bonchev–Trinajstić information content (AvgIpc) is 2.55. The number of aryl methyl sites for hydroxylation is 1. The first-order valence-corrected chi connectivity index (χ1v) is 3.02. The summed E-state index contributed by atoms with van der Waals surface area (Å²) in [5.74, 6) is 0.902. The first kappa shape index (κ1) is 6.02. The van der Waals surface area contributed by atoms with E-state index in [1.807, 2.05) is 0 Å². The zero-order chi connectivity index (χ0) is 7.68. The number of hydrogen-bond acceptors (Lipinski definition) is 5. The van der Waals surface area contributed by atoms with Gasteiger partial charge in [-0.25, -0.2) is 0 Å². The molecule has 56 valence electrons. The topological polar surface area (TPSA) is 80.5 Å². The maximum Gasteiger partial charge on any atom is 0.269 e. The molecule has 0 atom stereocenters. The van der Waals surface area contributed by atoms with Crippen LogP contribution < -0.4 is 0 Å². The molecule has 0 aromatic carbocycles. The van der Waals surface area contributed by atoms with Gasteiger partial charge in [-0.1, -0.05) is 0 Å². The summed E-state index contributed by atoms with van der Waals surface area (Å²) in [6.45, 7) is 1.72. The molecule has 0 saturated heterocycles. The molecule has 0 unspecified atom stereocenters. The van der Waals surface area contributed by atoms with Crippen molar-refractivity contribution in [3.8, 4) is 11.6 Å². The smallest absolute Gasteiger partial charge is 0.269 e. The average molecular weight is 151 g/mol. The molecule has 0 amide bonds. The minimum atomic E-state index is 0.385. The number of aromatic amines is 1. The molecule has 2 heterocycles. The summed E-state index contributed by atoms with van der Waals surface area (Å²) in [4.78, 5) is 0. The third kappa shape index (κ3) is 0.977. The van der Waals surface area contributed by atoms with Crippen molar-refractivity contribution in [2.75, 3.05) is 0 Å². The number of nitrogens with one attached hydrogen (secondary N) is 1. The van der Waals surface area contributed by atoms with E-state index >= 15 is 0 Å². The van der Waals surface area contributed by atoms with E-state index in [4.69, 9.17) is 4.42 Å². The highest BCUT2D eigenvalue weighted by molar-refractivity contribution is 5.42. The summed E-state index contributed by atoms with van der Waals surface area (Å²) in [5, 5.41) is 17.2. The Morgan fingerprint density at radius 3 is 2.91 bits per heavy atom. The minimum absolute atomic E-state index is 0.385. The van der Waals surface area contributed by atoms with Crippen LogP contribution in [0, 0.1) is 6.92 Å². The molecule has 0 saturated carbocycles. The molecular weight excluding hydrogens is 146 g/mol. The van der Waals surface area contributed by atoms with Crippen molar-refractivity contribution >= 4 is 0 Å². The highest BCUT2D eigenvalue weighted by atomic mass is 16.4. The van der Waals surface area contributed by atoms with Crippen LogP contribution >= 0.6 is 0 Å². The van der Waals surface area contributed by atoms with Crippen LogP contribution in [0.5, 0.6) is 0 Å². The van der Waals surface area contributed by atoms with Gasteiger partial charge in [0, 0.05) is 6.92 Å². The maximum absolute atomic E-state index is 5.08. The second-order valence-corrected chi connectivity index (χ2v) is 1.98. The van der Waals surface area contributed by atoms with Crippen molar-refractivity contribution in [3.63, 3.8) is 0 Å². The normalized spacial score (nSPS) is 10.3. The SMILES string of the molecule is Cc1nnc(-c2cn[nH]n2)o1. The molecule has 0 fully saturated rings. The molecular formula is C5H5N5O. The first-order valence-electron chi connectivity index (χ1n) is 3.02. The van der Waals surface area contributed by atoms with Crippen LogP contribution in [0.3, 0.4) is 0 Å². The summed E-state index contributed by atoms with van der Waals surface area (Å²) in [6.07, 6.45) is 1.52. The van der Waals surface area contributed by atoms with Gasteiger partial charge < -0.3 is 4.42 Å². The lowest BCUT2D eigenvalue weighted by atomic mass is 10.5. The Balaban J connectivity index is 2.45. The summed E-state index contributed by atoms with van der Waals surface area (Å²) in [5.41, 5.74) is 0.561. The number of aromatic nitrogens is 5. The predicted molar refractivity (Wildman–Crippen MR) is 34.4 cm³/mol. The van der Waals surface area contributed by atoms with Crippen LogP contribution in [0.15, 0.2) is 10.6 Å². The predicted octanol–water partition coefficient (Wildman–Crippen LogP) is 0.163. The van der Waals surface area contributed by atoms with Crippen LogP contribution in [0.25, 0.3) is 11.6 Å². The van der Waals surface area contributed by atoms with Gasteiger partial charge in [0.05, 0.1) is 6.20 Å². The van der Waals surface area contributed by atoms with E-state index < -0.39 is 0 Å². The molecule has 0 aliphatic carbocycles. The molecule has 11 heavy (non-hydrogen) atoms. The molecule has 0 radical (unpaired) electrons. The number of nitrogens with zero attached hydrogens (tertiary/aromatic N) is 4. The Bertz CT molecular complexity index is 337.